The van der Waals surface area contributed by atoms with E-state index >= 15 is 0 Å². The van der Waals surface area contributed by atoms with Gasteiger partial charge in [0.05, 0.1) is 11.2 Å². The molecule has 2 aromatic carbocycles. The van der Waals surface area contributed by atoms with Crippen molar-refractivity contribution in [2.24, 2.45) is 5.10 Å². The lowest BCUT2D eigenvalue weighted by atomic mass is 10.2. The lowest BCUT2D eigenvalue weighted by molar-refractivity contribution is 0.0740. The van der Waals surface area contributed by atoms with Gasteiger partial charge in [-0.2, -0.15) is 5.10 Å². The van der Waals surface area contributed by atoms with Crippen LogP contribution in [0.5, 0.6) is 5.75 Å². The normalized spacial score (nSPS) is 10.9. The first kappa shape index (κ1) is 19.3. The van der Waals surface area contributed by atoms with Gasteiger partial charge in [-0.15, -0.1) is 11.3 Å². The molecule has 0 radical (unpaired) electrons. The second-order valence-corrected chi connectivity index (χ2v) is 7.27. The number of halogens is 1. The molecule has 0 aliphatic heterocycles. The predicted octanol–water partition coefficient (Wildman–Crippen LogP) is 4.59. The Morgan fingerprint density at radius 3 is 2.70 bits per heavy atom. The lowest BCUT2D eigenvalue weighted by Gasteiger charge is -2.04. The van der Waals surface area contributed by atoms with Gasteiger partial charge in [-0.1, -0.05) is 29.8 Å². The number of carbonyl (C=O) groups is 1. The van der Waals surface area contributed by atoms with Gasteiger partial charge in [0.1, 0.15) is 10.6 Å². The first-order valence-corrected chi connectivity index (χ1v) is 9.75. The maximum atomic E-state index is 12.4. The van der Waals surface area contributed by atoms with E-state index in [-0.39, 0.29) is 0 Å². The summed E-state index contributed by atoms with van der Waals surface area (Å²) in [5.74, 6) is -0.0397. The second-order valence-electron chi connectivity index (χ2n) is 5.43. The van der Waals surface area contributed by atoms with Crippen LogP contribution in [0.3, 0.4) is 0 Å². The molecule has 0 unspecified atom stereocenters. The number of nitrogens with one attached hydrogen (secondary N) is 2. The number of ether oxygens (including phenoxy) is 1. The van der Waals surface area contributed by atoms with E-state index in [0.717, 1.165) is 22.2 Å². The Labute approximate surface area is 171 Å². The lowest BCUT2D eigenvalue weighted by Crippen LogP contribution is -2.31. The summed E-state index contributed by atoms with van der Waals surface area (Å²) in [5, 5.41) is 8.70. The summed E-state index contributed by atoms with van der Waals surface area (Å²) < 4.78 is 6.38. The van der Waals surface area contributed by atoms with E-state index in [0.29, 0.717) is 20.8 Å². The van der Waals surface area contributed by atoms with Crippen LogP contribution < -0.4 is 15.5 Å². The van der Waals surface area contributed by atoms with Crippen LogP contribution in [0.15, 0.2) is 53.6 Å². The highest BCUT2D eigenvalue weighted by Crippen LogP contribution is 2.35. The van der Waals surface area contributed by atoms with Gasteiger partial charge in [0.25, 0.3) is 0 Å². The minimum Gasteiger partial charge on any atom is -0.422 e. The number of hydrazone groups is 1. The molecule has 5 nitrogen and oxygen atoms in total. The minimum atomic E-state index is -0.472. The molecule has 0 saturated carbocycles. The number of benzene rings is 2. The molecular weight excluding hydrogens is 402 g/mol. The molecule has 0 amide bonds. The summed E-state index contributed by atoms with van der Waals surface area (Å²) in [7, 11) is 0. The Balaban J connectivity index is 1.65. The summed E-state index contributed by atoms with van der Waals surface area (Å²) in [6.07, 6.45) is 1.62. The van der Waals surface area contributed by atoms with Gasteiger partial charge >= 0.3 is 5.97 Å². The zero-order chi connectivity index (χ0) is 19.2. The van der Waals surface area contributed by atoms with E-state index < -0.39 is 5.97 Å². The molecule has 0 fully saturated rings. The highest BCUT2D eigenvalue weighted by molar-refractivity contribution is 7.80. The van der Waals surface area contributed by atoms with Crippen LogP contribution in [-0.4, -0.2) is 23.8 Å². The standard InChI is InChI=1S/C19H16ClN3O2S2/c1-2-21-19(26)23-22-11-12-7-9-13(10-8-12)25-18(24)17-16(20)14-5-3-4-6-15(14)27-17/h3-11H,2H2,1H3,(H2,21,23,26)/b22-11-. The Morgan fingerprint density at radius 1 is 1.26 bits per heavy atom. The molecule has 1 heterocycles. The van der Waals surface area contributed by atoms with Crippen LogP contribution in [0.4, 0.5) is 0 Å². The molecule has 27 heavy (non-hydrogen) atoms. The van der Waals surface area contributed by atoms with E-state index in [1.54, 1.807) is 30.5 Å². The fourth-order valence-corrected chi connectivity index (χ4v) is 3.87. The number of hydrogen-bond acceptors (Lipinski definition) is 5. The number of fused-ring (bicyclic) bond motifs is 1. The largest absolute Gasteiger partial charge is 0.422 e. The summed E-state index contributed by atoms with van der Waals surface area (Å²) in [4.78, 5) is 12.8. The Kier molecular flexibility index (Phi) is 6.39. The number of rotatable bonds is 5. The van der Waals surface area contributed by atoms with Gasteiger partial charge in [-0.25, -0.2) is 4.79 Å². The SMILES string of the molecule is CCNC(=S)N/N=C\c1ccc(OC(=O)c2sc3ccccc3c2Cl)cc1. The molecule has 138 valence electrons. The van der Waals surface area contributed by atoms with Crippen LogP contribution in [0.2, 0.25) is 5.02 Å². The van der Waals surface area contributed by atoms with Crippen molar-refractivity contribution < 1.29 is 9.53 Å². The third-order valence-electron chi connectivity index (χ3n) is 3.53. The predicted molar refractivity (Wildman–Crippen MR) is 115 cm³/mol. The van der Waals surface area contributed by atoms with Crippen molar-refractivity contribution in [3.63, 3.8) is 0 Å². The summed E-state index contributed by atoms with van der Waals surface area (Å²) in [6, 6.07) is 14.6. The molecule has 0 aliphatic rings. The van der Waals surface area contributed by atoms with Gasteiger partial charge in [-0.05, 0) is 55.0 Å². The van der Waals surface area contributed by atoms with Crippen LogP contribution in [-0.2, 0) is 0 Å². The molecule has 3 aromatic rings. The highest BCUT2D eigenvalue weighted by atomic mass is 35.5. The molecular formula is C19H16ClN3O2S2. The summed E-state index contributed by atoms with van der Waals surface area (Å²) in [5.41, 5.74) is 3.55. The smallest absolute Gasteiger partial charge is 0.355 e. The Morgan fingerprint density at radius 2 is 2.00 bits per heavy atom. The first-order chi connectivity index (χ1) is 13.1. The molecule has 0 saturated heterocycles. The number of hydrogen-bond donors (Lipinski definition) is 2. The zero-order valence-corrected chi connectivity index (χ0v) is 16.8. The number of carbonyl (C=O) groups excluding carboxylic acids is 1. The Bertz CT molecular complexity index is 1000. The maximum absolute atomic E-state index is 12.4. The molecule has 0 bridgehead atoms. The molecule has 2 N–H and O–H groups in total. The summed E-state index contributed by atoms with van der Waals surface area (Å²) >= 11 is 12.7. The van der Waals surface area contributed by atoms with Gasteiger partial charge in [0, 0.05) is 16.6 Å². The molecule has 0 atom stereocenters. The van der Waals surface area contributed by atoms with Gasteiger partial charge < -0.3 is 10.1 Å². The van der Waals surface area contributed by atoms with E-state index in [9.17, 15) is 4.79 Å². The third-order valence-corrected chi connectivity index (χ3v) is 5.42. The van der Waals surface area contributed by atoms with Crippen LogP contribution in [0.25, 0.3) is 10.1 Å². The van der Waals surface area contributed by atoms with Crippen molar-refractivity contribution in [3.05, 3.63) is 64.0 Å². The van der Waals surface area contributed by atoms with Crippen molar-refractivity contribution in [3.8, 4) is 5.75 Å². The average molecular weight is 418 g/mol. The fourth-order valence-electron chi connectivity index (χ4n) is 2.29. The number of esters is 1. The van der Waals surface area contributed by atoms with Crippen LogP contribution in [0, 0.1) is 0 Å². The Hall–Kier alpha value is -2.48. The van der Waals surface area contributed by atoms with Crippen molar-refractivity contribution >= 4 is 62.5 Å². The minimum absolute atomic E-state index is 0.393. The molecule has 3 rings (SSSR count). The topological polar surface area (TPSA) is 62.7 Å². The number of nitrogens with zero attached hydrogens (tertiary/aromatic N) is 1. The van der Waals surface area contributed by atoms with Crippen molar-refractivity contribution in [1.82, 2.24) is 10.7 Å². The second kappa shape index (κ2) is 8.94. The molecule has 8 heteroatoms. The average Bonchev–Trinajstić information content (AvgIpc) is 3.01. The number of thiophene rings is 1. The van der Waals surface area contributed by atoms with E-state index in [1.807, 2.05) is 31.2 Å². The van der Waals surface area contributed by atoms with E-state index in [1.165, 1.54) is 11.3 Å². The van der Waals surface area contributed by atoms with Crippen LogP contribution >= 0.6 is 35.2 Å². The molecule has 0 aliphatic carbocycles. The van der Waals surface area contributed by atoms with Crippen molar-refractivity contribution in [2.45, 2.75) is 6.92 Å². The zero-order valence-electron chi connectivity index (χ0n) is 14.4. The quantitative estimate of drug-likeness (QED) is 0.209. The summed E-state index contributed by atoms with van der Waals surface area (Å²) in [6.45, 7) is 2.68. The van der Waals surface area contributed by atoms with Gasteiger partial charge in [0.15, 0.2) is 5.11 Å². The van der Waals surface area contributed by atoms with Gasteiger partial charge in [-0.3, -0.25) is 5.43 Å². The van der Waals surface area contributed by atoms with Crippen LogP contribution in [0.1, 0.15) is 22.2 Å². The van der Waals surface area contributed by atoms with Gasteiger partial charge in [0.2, 0.25) is 0 Å². The number of thiocarbonyl (C=S) groups is 1. The molecule has 0 spiro atoms. The third kappa shape index (κ3) is 4.82. The monoisotopic (exact) mass is 417 g/mol. The van der Waals surface area contributed by atoms with E-state index in [4.69, 9.17) is 28.6 Å². The fraction of sp³-hybridized carbons (Fsp3) is 0.105. The van der Waals surface area contributed by atoms with Crippen molar-refractivity contribution in [2.75, 3.05) is 6.54 Å². The van der Waals surface area contributed by atoms with E-state index in [2.05, 4.69) is 15.8 Å². The maximum Gasteiger partial charge on any atom is 0.355 e. The first-order valence-electron chi connectivity index (χ1n) is 8.14. The molecule has 1 aromatic heterocycles. The van der Waals surface area contributed by atoms with Crippen molar-refractivity contribution in [1.29, 1.82) is 0 Å². The highest BCUT2D eigenvalue weighted by Gasteiger charge is 2.18.